The topological polar surface area (TPSA) is 33.5 Å². The average molecular weight is 326 g/mol. The van der Waals surface area contributed by atoms with E-state index in [1.807, 2.05) is 25.1 Å². The minimum absolute atomic E-state index is 0.0462. The highest BCUT2D eigenvalue weighted by molar-refractivity contribution is 6.35. The Morgan fingerprint density at radius 3 is 2.71 bits per heavy atom. The first-order chi connectivity index (χ1) is 9.99. The van der Waals surface area contributed by atoms with E-state index >= 15 is 0 Å². The highest BCUT2D eigenvalue weighted by Crippen LogP contribution is 2.29. The van der Waals surface area contributed by atoms with Gasteiger partial charge in [0.25, 0.3) is 0 Å². The third-order valence-electron chi connectivity index (χ3n) is 3.55. The Bertz CT molecular complexity index is 611. The molecule has 0 radical (unpaired) electrons. The van der Waals surface area contributed by atoms with Crippen molar-refractivity contribution in [2.75, 3.05) is 7.05 Å². The second-order valence-electron chi connectivity index (χ2n) is 4.93. The fraction of sp³-hybridized carbons (Fsp3) is 0.312. The molecular formula is C16H17Cl2NO2. The average Bonchev–Trinajstić information content (AvgIpc) is 2.96. The van der Waals surface area contributed by atoms with Gasteiger partial charge in [0, 0.05) is 29.9 Å². The molecule has 0 aliphatic carbocycles. The van der Waals surface area contributed by atoms with Crippen molar-refractivity contribution >= 4 is 29.1 Å². The third-order valence-corrected chi connectivity index (χ3v) is 4.11. The SMILES string of the molecule is CC(c1ccc(Cl)cc1Cl)N(C)C(=O)CCc1ccco1. The quantitative estimate of drug-likeness (QED) is 0.795. The van der Waals surface area contributed by atoms with Gasteiger partial charge in [-0.2, -0.15) is 0 Å². The van der Waals surface area contributed by atoms with E-state index in [1.165, 1.54) is 0 Å². The molecule has 0 bridgehead atoms. The van der Waals surface area contributed by atoms with Gasteiger partial charge in [-0.15, -0.1) is 0 Å². The maximum Gasteiger partial charge on any atom is 0.223 e. The van der Waals surface area contributed by atoms with E-state index in [4.69, 9.17) is 27.6 Å². The molecule has 3 nitrogen and oxygen atoms in total. The molecule has 5 heteroatoms. The highest BCUT2D eigenvalue weighted by atomic mass is 35.5. The number of halogens is 2. The number of hydrogen-bond acceptors (Lipinski definition) is 2. The Kier molecular flexibility index (Phi) is 5.32. The second-order valence-corrected chi connectivity index (χ2v) is 5.77. The van der Waals surface area contributed by atoms with Gasteiger partial charge in [0.2, 0.25) is 5.91 Å². The van der Waals surface area contributed by atoms with Crippen LogP contribution >= 0.6 is 23.2 Å². The van der Waals surface area contributed by atoms with Gasteiger partial charge in [-0.1, -0.05) is 29.3 Å². The van der Waals surface area contributed by atoms with Crippen LogP contribution in [0.15, 0.2) is 41.0 Å². The van der Waals surface area contributed by atoms with E-state index in [9.17, 15) is 4.79 Å². The lowest BCUT2D eigenvalue weighted by Crippen LogP contribution is -2.30. The molecule has 2 aromatic rings. The summed E-state index contributed by atoms with van der Waals surface area (Å²) in [4.78, 5) is 13.9. The minimum atomic E-state index is -0.112. The van der Waals surface area contributed by atoms with Gasteiger partial charge in [0.15, 0.2) is 0 Å². The van der Waals surface area contributed by atoms with Crippen LogP contribution in [-0.4, -0.2) is 17.9 Å². The molecule has 0 N–H and O–H groups in total. The van der Waals surface area contributed by atoms with Gasteiger partial charge in [0.1, 0.15) is 5.76 Å². The maximum absolute atomic E-state index is 12.2. The molecular weight excluding hydrogens is 309 g/mol. The summed E-state index contributed by atoms with van der Waals surface area (Å²) >= 11 is 12.1. The van der Waals surface area contributed by atoms with Gasteiger partial charge in [-0.25, -0.2) is 0 Å². The zero-order valence-electron chi connectivity index (χ0n) is 12.0. The first kappa shape index (κ1) is 15.9. The van der Waals surface area contributed by atoms with Crippen LogP contribution in [0.4, 0.5) is 0 Å². The standard InChI is InChI=1S/C16H17Cl2NO2/c1-11(14-7-5-12(17)10-15(14)18)19(2)16(20)8-6-13-4-3-9-21-13/h3-5,7,9-11H,6,8H2,1-2H3. The Morgan fingerprint density at radius 2 is 2.10 bits per heavy atom. The van der Waals surface area contributed by atoms with Gasteiger partial charge in [0.05, 0.1) is 12.3 Å². The molecule has 0 saturated heterocycles. The largest absolute Gasteiger partial charge is 0.469 e. The number of amides is 1. The summed E-state index contributed by atoms with van der Waals surface area (Å²) in [6, 6.07) is 8.90. The number of furan rings is 1. The molecule has 1 aromatic heterocycles. The number of nitrogens with zero attached hydrogens (tertiary/aromatic N) is 1. The molecule has 1 heterocycles. The van der Waals surface area contributed by atoms with Crippen molar-refractivity contribution in [1.82, 2.24) is 4.90 Å². The van der Waals surface area contributed by atoms with Crippen molar-refractivity contribution in [3.05, 3.63) is 58.0 Å². The van der Waals surface area contributed by atoms with Crippen LogP contribution in [0.3, 0.4) is 0 Å². The number of hydrogen-bond donors (Lipinski definition) is 0. The van der Waals surface area contributed by atoms with E-state index < -0.39 is 0 Å². The van der Waals surface area contributed by atoms with Crippen molar-refractivity contribution in [3.8, 4) is 0 Å². The predicted octanol–water partition coefficient (Wildman–Crippen LogP) is 4.74. The number of carbonyl (C=O) groups excluding carboxylic acids is 1. The number of rotatable bonds is 5. The molecule has 112 valence electrons. The van der Waals surface area contributed by atoms with Crippen LogP contribution in [0.1, 0.15) is 30.7 Å². The lowest BCUT2D eigenvalue weighted by molar-refractivity contribution is -0.131. The molecule has 1 aromatic carbocycles. The smallest absolute Gasteiger partial charge is 0.223 e. The molecule has 0 spiro atoms. The predicted molar refractivity (Wildman–Crippen MR) is 84.7 cm³/mol. The van der Waals surface area contributed by atoms with Crippen molar-refractivity contribution in [3.63, 3.8) is 0 Å². The molecule has 21 heavy (non-hydrogen) atoms. The minimum Gasteiger partial charge on any atom is -0.469 e. The Balaban J connectivity index is 2.00. The zero-order chi connectivity index (χ0) is 15.4. The molecule has 0 saturated carbocycles. The van der Waals surface area contributed by atoms with Gasteiger partial charge >= 0.3 is 0 Å². The molecule has 1 unspecified atom stereocenters. The first-order valence-corrected chi connectivity index (χ1v) is 7.47. The van der Waals surface area contributed by atoms with Crippen LogP contribution in [0, 0.1) is 0 Å². The summed E-state index contributed by atoms with van der Waals surface area (Å²) in [5.41, 5.74) is 0.884. The van der Waals surface area contributed by atoms with E-state index in [0.29, 0.717) is 22.9 Å². The molecule has 1 atom stereocenters. The van der Waals surface area contributed by atoms with Crippen molar-refractivity contribution < 1.29 is 9.21 Å². The zero-order valence-corrected chi connectivity index (χ0v) is 13.5. The van der Waals surface area contributed by atoms with Crippen molar-refractivity contribution in [2.45, 2.75) is 25.8 Å². The summed E-state index contributed by atoms with van der Waals surface area (Å²) in [5, 5.41) is 1.16. The van der Waals surface area contributed by atoms with Crippen LogP contribution in [-0.2, 0) is 11.2 Å². The summed E-state index contributed by atoms with van der Waals surface area (Å²) in [6.45, 7) is 1.94. The Labute approximate surface area is 134 Å². The van der Waals surface area contributed by atoms with Crippen LogP contribution in [0.25, 0.3) is 0 Å². The van der Waals surface area contributed by atoms with Gasteiger partial charge < -0.3 is 9.32 Å². The van der Waals surface area contributed by atoms with Crippen molar-refractivity contribution in [1.29, 1.82) is 0 Å². The van der Waals surface area contributed by atoms with Crippen LogP contribution < -0.4 is 0 Å². The Morgan fingerprint density at radius 1 is 1.33 bits per heavy atom. The molecule has 0 aliphatic heterocycles. The van der Waals surface area contributed by atoms with E-state index in [2.05, 4.69) is 0 Å². The van der Waals surface area contributed by atoms with Crippen LogP contribution in [0.2, 0.25) is 10.0 Å². The molecule has 2 rings (SSSR count). The third kappa shape index (κ3) is 4.02. The Hall–Kier alpha value is -1.45. The summed E-state index contributed by atoms with van der Waals surface area (Å²) < 4.78 is 5.23. The number of aryl methyl sites for hydroxylation is 1. The van der Waals surface area contributed by atoms with Crippen LogP contribution in [0.5, 0.6) is 0 Å². The normalized spacial score (nSPS) is 12.2. The van der Waals surface area contributed by atoms with Gasteiger partial charge in [-0.05, 0) is 36.8 Å². The molecule has 0 aliphatic rings. The first-order valence-electron chi connectivity index (χ1n) is 6.72. The van der Waals surface area contributed by atoms with E-state index in [0.717, 1.165) is 11.3 Å². The maximum atomic E-state index is 12.2. The summed E-state index contributed by atoms with van der Waals surface area (Å²) in [5.74, 6) is 0.860. The van der Waals surface area contributed by atoms with E-state index in [1.54, 1.807) is 30.3 Å². The highest BCUT2D eigenvalue weighted by Gasteiger charge is 2.19. The number of benzene rings is 1. The molecule has 0 fully saturated rings. The lowest BCUT2D eigenvalue weighted by atomic mass is 10.1. The summed E-state index contributed by atoms with van der Waals surface area (Å²) in [7, 11) is 1.78. The fourth-order valence-corrected chi connectivity index (χ4v) is 2.69. The second kappa shape index (κ2) is 7.01. The van der Waals surface area contributed by atoms with E-state index in [-0.39, 0.29) is 11.9 Å². The van der Waals surface area contributed by atoms with Gasteiger partial charge in [-0.3, -0.25) is 4.79 Å². The monoisotopic (exact) mass is 325 g/mol. The van der Waals surface area contributed by atoms with Crippen molar-refractivity contribution in [2.24, 2.45) is 0 Å². The lowest BCUT2D eigenvalue weighted by Gasteiger charge is -2.26. The number of carbonyl (C=O) groups is 1. The fourth-order valence-electron chi connectivity index (χ4n) is 2.13. The molecule has 1 amide bonds. The summed E-state index contributed by atoms with van der Waals surface area (Å²) in [6.07, 6.45) is 2.61.